The molecule has 28 heavy (non-hydrogen) atoms. The summed E-state index contributed by atoms with van der Waals surface area (Å²) in [6.07, 6.45) is 5.17. The second kappa shape index (κ2) is 6.70. The average molecular weight is 377 g/mol. The van der Waals surface area contributed by atoms with Gasteiger partial charge in [-0.15, -0.1) is 0 Å². The van der Waals surface area contributed by atoms with E-state index in [9.17, 15) is 14.9 Å². The lowest BCUT2D eigenvalue weighted by Crippen LogP contribution is -2.44. The largest absolute Gasteiger partial charge is 0.352 e. The van der Waals surface area contributed by atoms with Gasteiger partial charge in [0.05, 0.1) is 6.07 Å². The van der Waals surface area contributed by atoms with E-state index in [1.165, 1.54) is 0 Å². The smallest absolute Gasteiger partial charge is 0.237 e. The minimum Gasteiger partial charge on any atom is -0.352 e. The van der Waals surface area contributed by atoms with Gasteiger partial charge in [0.2, 0.25) is 5.91 Å². The number of nitrogens with two attached hydrogens (primary N) is 1. The quantitative estimate of drug-likeness (QED) is 0.792. The molecule has 3 saturated carbocycles. The highest BCUT2D eigenvalue weighted by molar-refractivity contribution is 5.98. The molecule has 146 valence electrons. The molecular formula is C23H27N3O2. The second-order valence-electron chi connectivity index (χ2n) is 9.17. The molecule has 4 fully saturated rings. The zero-order valence-corrected chi connectivity index (χ0v) is 16.0. The lowest BCUT2D eigenvalue weighted by atomic mass is 9.58. The predicted molar refractivity (Wildman–Crippen MR) is 104 cm³/mol. The Bertz CT molecular complexity index is 842. The minimum absolute atomic E-state index is 0.0721. The molecule has 1 aliphatic heterocycles. The maximum Gasteiger partial charge on any atom is 0.237 e. The van der Waals surface area contributed by atoms with Crippen LogP contribution in [0, 0.1) is 52.8 Å². The van der Waals surface area contributed by atoms with E-state index in [1.807, 2.05) is 24.3 Å². The van der Waals surface area contributed by atoms with Gasteiger partial charge in [-0.25, -0.2) is 0 Å². The molecule has 0 radical (unpaired) electrons. The van der Waals surface area contributed by atoms with Gasteiger partial charge in [0.15, 0.2) is 5.78 Å². The topological polar surface area (TPSA) is 96.0 Å². The first-order chi connectivity index (χ1) is 13.6. The van der Waals surface area contributed by atoms with Gasteiger partial charge >= 0.3 is 0 Å². The van der Waals surface area contributed by atoms with Gasteiger partial charge in [0.1, 0.15) is 5.92 Å². The van der Waals surface area contributed by atoms with Crippen LogP contribution in [0.2, 0.25) is 0 Å². The van der Waals surface area contributed by atoms with E-state index in [0.717, 1.165) is 43.2 Å². The number of fused-ring (bicyclic) bond motifs is 3. The van der Waals surface area contributed by atoms with E-state index in [0.29, 0.717) is 30.2 Å². The molecule has 3 aliphatic carbocycles. The Hall–Kier alpha value is -2.19. The molecule has 5 heteroatoms. The number of nitrogens with zero attached hydrogens (tertiary/aromatic N) is 1. The van der Waals surface area contributed by atoms with Crippen LogP contribution in [0.25, 0.3) is 0 Å². The third kappa shape index (κ3) is 2.47. The fraction of sp³-hybridized carbons (Fsp3) is 0.609. The van der Waals surface area contributed by atoms with Crippen molar-refractivity contribution in [2.24, 2.45) is 47.2 Å². The number of Topliss-reactive ketones (excluding diaryl/α,β-unsaturated/α-hetero) is 1. The lowest BCUT2D eigenvalue weighted by molar-refractivity contribution is -0.122. The summed E-state index contributed by atoms with van der Waals surface area (Å²) in [7, 11) is 0. The zero-order chi connectivity index (χ0) is 19.4. The van der Waals surface area contributed by atoms with E-state index in [1.54, 1.807) is 0 Å². The van der Waals surface area contributed by atoms with Crippen LogP contribution in [0.1, 0.15) is 48.0 Å². The highest BCUT2D eigenvalue weighted by Crippen LogP contribution is 2.61. The molecule has 0 bridgehead atoms. The van der Waals surface area contributed by atoms with Crippen molar-refractivity contribution in [3.8, 4) is 6.07 Å². The molecule has 0 spiro atoms. The summed E-state index contributed by atoms with van der Waals surface area (Å²) in [5, 5.41) is 12.7. The molecule has 1 saturated heterocycles. The molecule has 5 nitrogen and oxygen atoms in total. The highest BCUT2D eigenvalue weighted by atomic mass is 16.2. The molecule has 1 heterocycles. The van der Waals surface area contributed by atoms with Crippen LogP contribution in [-0.2, 0) is 11.3 Å². The van der Waals surface area contributed by atoms with E-state index in [-0.39, 0.29) is 29.6 Å². The SMILES string of the molecule is N#CC1C(=O)NC2C3CCCC4C(C(=O)c5ccc(CN)cc5)CCC(C43)C12. The Morgan fingerprint density at radius 2 is 1.82 bits per heavy atom. The van der Waals surface area contributed by atoms with Gasteiger partial charge in [0.25, 0.3) is 0 Å². The fourth-order valence-corrected chi connectivity index (χ4v) is 7.17. The summed E-state index contributed by atoms with van der Waals surface area (Å²) in [5.41, 5.74) is 7.52. The number of benzene rings is 1. The maximum atomic E-state index is 13.4. The van der Waals surface area contributed by atoms with Gasteiger partial charge in [0, 0.05) is 30.0 Å². The predicted octanol–water partition coefficient (Wildman–Crippen LogP) is 2.65. The van der Waals surface area contributed by atoms with E-state index < -0.39 is 5.92 Å². The molecule has 3 N–H and O–H groups in total. The standard InChI is InChI=1S/C23H27N3O2/c24-10-12-4-6-13(7-5-12)22(27)15-8-9-16-19-14(15)2-1-3-17(19)21-20(16)18(11-25)23(28)26-21/h4-7,14-21H,1-3,8-10,24H2,(H,26,28). The first-order valence-electron chi connectivity index (χ1n) is 10.7. The third-order valence-electron chi connectivity index (χ3n) is 8.18. The Morgan fingerprint density at radius 3 is 2.54 bits per heavy atom. The molecule has 1 aromatic carbocycles. The van der Waals surface area contributed by atoms with Gasteiger partial charge in [-0.2, -0.15) is 5.26 Å². The summed E-state index contributed by atoms with van der Waals surface area (Å²) in [6.45, 7) is 0.487. The molecule has 5 rings (SSSR count). The zero-order valence-electron chi connectivity index (χ0n) is 16.0. The number of rotatable bonds is 3. The van der Waals surface area contributed by atoms with Gasteiger partial charge < -0.3 is 11.1 Å². The van der Waals surface area contributed by atoms with E-state index in [2.05, 4.69) is 11.4 Å². The van der Waals surface area contributed by atoms with Crippen LogP contribution < -0.4 is 11.1 Å². The highest BCUT2D eigenvalue weighted by Gasteiger charge is 2.63. The van der Waals surface area contributed by atoms with Crippen molar-refractivity contribution in [3.63, 3.8) is 0 Å². The Morgan fingerprint density at radius 1 is 1.07 bits per heavy atom. The molecule has 1 amide bonds. The molecule has 0 aromatic heterocycles. The van der Waals surface area contributed by atoms with Crippen LogP contribution in [0.5, 0.6) is 0 Å². The second-order valence-corrected chi connectivity index (χ2v) is 9.17. The third-order valence-corrected chi connectivity index (χ3v) is 8.18. The van der Waals surface area contributed by atoms with Crippen LogP contribution in [0.3, 0.4) is 0 Å². The van der Waals surface area contributed by atoms with E-state index >= 15 is 0 Å². The van der Waals surface area contributed by atoms with Crippen LogP contribution >= 0.6 is 0 Å². The van der Waals surface area contributed by atoms with Crippen molar-refractivity contribution in [2.75, 3.05) is 0 Å². The molecule has 1 aromatic rings. The monoisotopic (exact) mass is 377 g/mol. The number of amides is 1. The molecule has 8 atom stereocenters. The molecular weight excluding hydrogens is 350 g/mol. The lowest BCUT2D eigenvalue weighted by Gasteiger charge is -2.46. The summed E-state index contributed by atoms with van der Waals surface area (Å²) in [4.78, 5) is 25.6. The molecule has 8 unspecified atom stereocenters. The van der Waals surface area contributed by atoms with E-state index in [4.69, 9.17) is 5.73 Å². The van der Waals surface area contributed by atoms with Crippen LogP contribution in [0.15, 0.2) is 24.3 Å². The van der Waals surface area contributed by atoms with Crippen molar-refractivity contribution in [3.05, 3.63) is 35.4 Å². The summed E-state index contributed by atoms with van der Waals surface area (Å²) < 4.78 is 0. The Balaban J connectivity index is 1.43. The number of hydrogen-bond acceptors (Lipinski definition) is 4. The first-order valence-corrected chi connectivity index (χ1v) is 10.7. The maximum absolute atomic E-state index is 13.4. The molecule has 4 aliphatic rings. The fourth-order valence-electron chi connectivity index (χ4n) is 7.17. The van der Waals surface area contributed by atoms with Crippen molar-refractivity contribution in [1.29, 1.82) is 5.26 Å². The number of nitrogens with one attached hydrogen (secondary N) is 1. The minimum atomic E-state index is -0.502. The number of nitriles is 1. The van der Waals surface area contributed by atoms with Gasteiger partial charge in [-0.05, 0) is 54.9 Å². The summed E-state index contributed by atoms with van der Waals surface area (Å²) in [6, 6.07) is 10.2. The summed E-state index contributed by atoms with van der Waals surface area (Å²) >= 11 is 0. The van der Waals surface area contributed by atoms with Crippen LogP contribution in [-0.4, -0.2) is 17.7 Å². The number of hydrogen-bond donors (Lipinski definition) is 2. The van der Waals surface area contributed by atoms with Crippen molar-refractivity contribution in [2.45, 2.75) is 44.7 Å². The van der Waals surface area contributed by atoms with Crippen molar-refractivity contribution >= 4 is 11.7 Å². The number of carbonyl (C=O) groups excluding carboxylic acids is 2. The van der Waals surface area contributed by atoms with Gasteiger partial charge in [-0.1, -0.05) is 30.7 Å². The van der Waals surface area contributed by atoms with Gasteiger partial charge in [-0.3, -0.25) is 9.59 Å². The van der Waals surface area contributed by atoms with Crippen molar-refractivity contribution in [1.82, 2.24) is 5.32 Å². The number of carbonyl (C=O) groups is 2. The normalized spacial score (nSPS) is 40.9. The Kier molecular flexibility index (Phi) is 4.28. The number of ketones is 1. The summed E-state index contributed by atoms with van der Waals surface area (Å²) in [5.74, 6) is 1.63. The average Bonchev–Trinajstić information content (AvgIpc) is 3.22. The Labute approximate surface area is 165 Å². The van der Waals surface area contributed by atoms with Crippen molar-refractivity contribution < 1.29 is 9.59 Å². The first kappa shape index (κ1) is 17.9. The van der Waals surface area contributed by atoms with Crippen LogP contribution in [0.4, 0.5) is 0 Å².